The number of nitrogens with zero attached hydrogens (tertiary/aromatic N) is 5. The van der Waals surface area contributed by atoms with Gasteiger partial charge in [0, 0.05) is 24.6 Å². The molecule has 0 saturated carbocycles. The van der Waals surface area contributed by atoms with Crippen molar-refractivity contribution >= 4 is 15.7 Å². The second kappa shape index (κ2) is 6.87. The third-order valence-corrected chi connectivity index (χ3v) is 4.68. The zero-order valence-electron chi connectivity index (χ0n) is 14.1. The number of sulfone groups is 1. The van der Waals surface area contributed by atoms with E-state index in [1.54, 1.807) is 25.1 Å². The molecule has 1 aromatic carbocycles. The van der Waals surface area contributed by atoms with Crippen molar-refractivity contribution in [2.75, 3.05) is 12.9 Å². The first-order chi connectivity index (χ1) is 12.3. The number of halogens is 1. The molecule has 1 aliphatic heterocycles. The maximum atomic E-state index is 13.1. The van der Waals surface area contributed by atoms with Crippen LogP contribution in [-0.2, 0) is 26.5 Å². The minimum atomic E-state index is -3.47. The van der Waals surface area contributed by atoms with Crippen molar-refractivity contribution in [2.45, 2.75) is 24.0 Å². The van der Waals surface area contributed by atoms with Crippen molar-refractivity contribution in [3.63, 3.8) is 0 Å². The van der Waals surface area contributed by atoms with Crippen molar-refractivity contribution in [3.05, 3.63) is 53.6 Å². The zero-order chi connectivity index (χ0) is 18.8. The molecular weight excluding hydrogens is 361 g/mol. The minimum absolute atomic E-state index is 0.195. The quantitative estimate of drug-likeness (QED) is 0.743. The van der Waals surface area contributed by atoms with Crippen LogP contribution in [0.5, 0.6) is 0 Å². The minimum Gasteiger partial charge on any atom is -0.477 e. The highest BCUT2D eigenvalue weighted by atomic mass is 32.2. The number of benzene rings is 1. The maximum absolute atomic E-state index is 13.1. The number of ether oxygens (including phenoxy) is 1. The maximum Gasteiger partial charge on any atom is 0.246 e. The fourth-order valence-electron chi connectivity index (χ4n) is 2.36. The van der Waals surface area contributed by atoms with Gasteiger partial charge in [-0.1, -0.05) is 17.2 Å². The van der Waals surface area contributed by atoms with E-state index in [4.69, 9.17) is 4.74 Å². The van der Waals surface area contributed by atoms with Crippen LogP contribution in [0.25, 0.3) is 0 Å². The van der Waals surface area contributed by atoms with E-state index in [1.165, 1.54) is 18.3 Å². The monoisotopic (exact) mass is 377 g/mol. The van der Waals surface area contributed by atoms with Gasteiger partial charge in [-0.25, -0.2) is 22.8 Å². The van der Waals surface area contributed by atoms with Gasteiger partial charge in [0.1, 0.15) is 5.82 Å². The highest BCUT2D eigenvalue weighted by Crippen LogP contribution is 2.32. The third-order valence-electron chi connectivity index (χ3n) is 3.82. The molecule has 10 heteroatoms. The van der Waals surface area contributed by atoms with Gasteiger partial charge >= 0.3 is 0 Å². The molecule has 2 heterocycles. The topological polar surface area (TPSA) is 106 Å². The second-order valence-electron chi connectivity index (χ2n) is 5.87. The van der Waals surface area contributed by atoms with Crippen LogP contribution in [0.1, 0.15) is 18.2 Å². The number of hydrogen-bond acceptors (Lipinski definition) is 8. The van der Waals surface area contributed by atoms with Crippen molar-refractivity contribution in [2.24, 2.45) is 15.4 Å². The van der Waals surface area contributed by atoms with Crippen molar-refractivity contribution in [3.8, 4) is 0 Å². The van der Waals surface area contributed by atoms with Crippen LogP contribution >= 0.6 is 0 Å². The SMILES string of the molecule is CC1(c2ccc(F)cc2)N=NN=C1OCCc1ccnc(S(C)(=O)=O)n1. The van der Waals surface area contributed by atoms with E-state index in [1.807, 2.05) is 0 Å². The lowest BCUT2D eigenvalue weighted by Gasteiger charge is -2.21. The standard InChI is InChI=1S/C16H16FN5O3S/c1-16(11-3-5-12(17)6-4-11)14(20-22-21-16)25-10-8-13-7-9-18-15(19-13)26(2,23)24/h3-7,9H,8,10H2,1-2H3. The summed E-state index contributed by atoms with van der Waals surface area (Å²) < 4.78 is 41.8. The van der Waals surface area contributed by atoms with Crippen LogP contribution in [0, 0.1) is 5.82 Å². The molecule has 1 atom stereocenters. The summed E-state index contributed by atoms with van der Waals surface area (Å²) in [5.41, 5.74) is 0.286. The summed E-state index contributed by atoms with van der Waals surface area (Å²) in [5, 5.41) is 11.4. The molecule has 0 aliphatic carbocycles. The lowest BCUT2D eigenvalue weighted by atomic mass is 9.93. The lowest BCUT2D eigenvalue weighted by molar-refractivity contribution is 0.281. The van der Waals surface area contributed by atoms with Crippen LogP contribution in [0.2, 0.25) is 0 Å². The van der Waals surface area contributed by atoms with E-state index in [0.717, 1.165) is 6.26 Å². The summed E-state index contributed by atoms with van der Waals surface area (Å²) in [6.07, 6.45) is 2.79. The average molecular weight is 377 g/mol. The van der Waals surface area contributed by atoms with E-state index in [9.17, 15) is 12.8 Å². The normalized spacial score (nSPS) is 19.4. The Bertz CT molecular complexity index is 976. The van der Waals surface area contributed by atoms with Crippen LogP contribution in [-0.4, -0.2) is 37.1 Å². The predicted molar refractivity (Wildman–Crippen MR) is 90.8 cm³/mol. The summed E-state index contributed by atoms with van der Waals surface area (Å²) in [6, 6.07) is 7.48. The van der Waals surface area contributed by atoms with Crippen LogP contribution in [0.3, 0.4) is 0 Å². The van der Waals surface area contributed by atoms with E-state index < -0.39 is 15.4 Å². The Hall–Kier alpha value is -2.75. The molecule has 1 aromatic heterocycles. The van der Waals surface area contributed by atoms with Gasteiger partial charge in [0.05, 0.1) is 6.61 Å². The molecule has 3 rings (SSSR count). The lowest BCUT2D eigenvalue weighted by Crippen LogP contribution is -2.30. The van der Waals surface area contributed by atoms with Gasteiger partial charge in [-0.3, -0.25) is 0 Å². The Balaban J connectivity index is 1.68. The largest absolute Gasteiger partial charge is 0.477 e. The van der Waals surface area contributed by atoms with E-state index in [0.29, 0.717) is 17.7 Å². The van der Waals surface area contributed by atoms with Gasteiger partial charge < -0.3 is 4.74 Å². The average Bonchev–Trinajstić information content (AvgIpc) is 2.97. The van der Waals surface area contributed by atoms with Crippen LogP contribution < -0.4 is 0 Å². The van der Waals surface area contributed by atoms with Gasteiger partial charge in [-0.05, 0) is 35.9 Å². The van der Waals surface area contributed by atoms with E-state index in [2.05, 4.69) is 25.4 Å². The van der Waals surface area contributed by atoms with Crippen LogP contribution in [0.15, 0.2) is 57.1 Å². The zero-order valence-corrected chi connectivity index (χ0v) is 14.9. The summed E-state index contributed by atoms with van der Waals surface area (Å²) >= 11 is 0. The molecule has 8 nitrogen and oxygen atoms in total. The molecule has 1 aliphatic rings. The molecule has 0 fully saturated rings. The molecule has 0 amide bonds. The Morgan fingerprint density at radius 3 is 2.62 bits per heavy atom. The number of aromatic nitrogens is 2. The van der Waals surface area contributed by atoms with Gasteiger partial charge in [-0.2, -0.15) is 0 Å². The van der Waals surface area contributed by atoms with Gasteiger partial charge in [0.25, 0.3) is 0 Å². The highest BCUT2D eigenvalue weighted by Gasteiger charge is 2.38. The molecule has 136 valence electrons. The number of hydrogen-bond donors (Lipinski definition) is 0. The van der Waals surface area contributed by atoms with Gasteiger partial charge in [0.2, 0.25) is 20.9 Å². The first kappa shape index (κ1) is 18.1. The third kappa shape index (κ3) is 3.74. The van der Waals surface area contributed by atoms with Crippen molar-refractivity contribution in [1.82, 2.24) is 9.97 Å². The fraction of sp³-hybridized carbons (Fsp3) is 0.312. The first-order valence-electron chi connectivity index (χ1n) is 7.70. The Morgan fingerprint density at radius 2 is 1.92 bits per heavy atom. The molecule has 0 spiro atoms. The molecule has 1 unspecified atom stereocenters. The number of rotatable bonds is 5. The Labute approximate surface area is 149 Å². The second-order valence-corrected chi connectivity index (χ2v) is 7.78. The summed E-state index contributed by atoms with van der Waals surface area (Å²) in [7, 11) is -3.47. The fourth-order valence-corrected chi connectivity index (χ4v) is 2.90. The summed E-state index contributed by atoms with van der Waals surface area (Å²) in [4.78, 5) is 7.75. The molecule has 2 aromatic rings. The Kier molecular flexibility index (Phi) is 4.77. The summed E-state index contributed by atoms with van der Waals surface area (Å²) in [6.45, 7) is 1.96. The smallest absolute Gasteiger partial charge is 0.246 e. The molecule has 0 bridgehead atoms. The summed E-state index contributed by atoms with van der Waals surface area (Å²) in [5.74, 6) is -0.0707. The van der Waals surface area contributed by atoms with Crippen molar-refractivity contribution in [1.29, 1.82) is 0 Å². The predicted octanol–water partition coefficient (Wildman–Crippen LogP) is 2.27. The molecule has 26 heavy (non-hydrogen) atoms. The molecule has 0 N–H and O–H groups in total. The Morgan fingerprint density at radius 1 is 1.19 bits per heavy atom. The van der Waals surface area contributed by atoms with Crippen LogP contribution in [0.4, 0.5) is 4.39 Å². The molecule has 0 saturated heterocycles. The van der Waals surface area contributed by atoms with Crippen molar-refractivity contribution < 1.29 is 17.5 Å². The molecule has 0 radical (unpaired) electrons. The van der Waals surface area contributed by atoms with Gasteiger partial charge in [-0.15, -0.1) is 5.11 Å². The highest BCUT2D eigenvalue weighted by molar-refractivity contribution is 7.90. The first-order valence-corrected chi connectivity index (χ1v) is 9.59. The molecular formula is C16H16FN5O3S. The van der Waals surface area contributed by atoms with E-state index >= 15 is 0 Å². The van der Waals surface area contributed by atoms with E-state index in [-0.39, 0.29) is 23.5 Å². The van der Waals surface area contributed by atoms with Gasteiger partial charge in [0.15, 0.2) is 5.54 Å².